The molecule has 4 atom stereocenters. The molecule has 0 saturated heterocycles. The van der Waals surface area contributed by atoms with Crippen LogP contribution >= 0.6 is 0 Å². The molecule has 0 bridgehead atoms. The Bertz CT molecular complexity index is 596. The van der Waals surface area contributed by atoms with Gasteiger partial charge in [-0.15, -0.1) is 0 Å². The van der Waals surface area contributed by atoms with Crippen LogP contribution in [0.4, 0.5) is 0 Å². The van der Waals surface area contributed by atoms with E-state index in [1.807, 2.05) is 0 Å². The molecule has 0 aliphatic heterocycles. The lowest BCUT2D eigenvalue weighted by Gasteiger charge is -2.13. The Balaban J connectivity index is 4.13. The second kappa shape index (κ2) is 13.4. The molecule has 2 N–H and O–H groups in total. The molecule has 4 unspecified atom stereocenters. The van der Waals surface area contributed by atoms with Crippen molar-refractivity contribution in [3.8, 4) is 0 Å². The lowest BCUT2D eigenvalue weighted by Crippen LogP contribution is -2.31. The zero-order chi connectivity index (χ0) is 23.4. The van der Waals surface area contributed by atoms with Gasteiger partial charge in [-0.2, -0.15) is 0 Å². The van der Waals surface area contributed by atoms with E-state index in [1.54, 1.807) is 0 Å². The fraction of sp³-hybridized carbons (Fsp3) is 0.667. The van der Waals surface area contributed by atoms with Gasteiger partial charge in [-0.3, -0.25) is 19.2 Å². The van der Waals surface area contributed by atoms with Crippen LogP contribution in [-0.4, -0.2) is 83.3 Å². The highest BCUT2D eigenvalue weighted by molar-refractivity contribution is 5.99. The minimum atomic E-state index is -1.41. The van der Waals surface area contributed by atoms with Gasteiger partial charge in [0.2, 0.25) is 0 Å². The largest absolute Gasteiger partial charge is 0.462 e. The molecule has 170 valence electrons. The zero-order valence-corrected chi connectivity index (χ0v) is 17.1. The van der Waals surface area contributed by atoms with E-state index in [0.717, 1.165) is 13.8 Å². The molecular formula is C18H26O12. The van der Waals surface area contributed by atoms with Gasteiger partial charge in [0.1, 0.15) is 38.3 Å². The molecule has 12 nitrogen and oxygen atoms in total. The number of ketones is 2. The van der Waals surface area contributed by atoms with Gasteiger partial charge in [0.25, 0.3) is 0 Å². The van der Waals surface area contributed by atoms with Gasteiger partial charge in [-0.05, 0) is 27.7 Å². The van der Waals surface area contributed by atoms with Crippen LogP contribution in [0, 0.1) is 0 Å². The van der Waals surface area contributed by atoms with Crippen LogP contribution in [0.2, 0.25) is 0 Å². The van der Waals surface area contributed by atoms with Gasteiger partial charge in [-0.25, -0.2) is 9.59 Å². The Labute approximate surface area is 172 Å². The molecule has 0 fully saturated rings. The highest BCUT2D eigenvalue weighted by Gasteiger charge is 2.24. The molecule has 0 aromatic carbocycles. The van der Waals surface area contributed by atoms with Crippen molar-refractivity contribution in [1.82, 2.24) is 0 Å². The van der Waals surface area contributed by atoms with Crippen LogP contribution in [0.5, 0.6) is 0 Å². The van der Waals surface area contributed by atoms with Crippen LogP contribution in [0.1, 0.15) is 40.5 Å². The number of hydrogen-bond acceptors (Lipinski definition) is 12. The normalized spacial score (nSPS) is 14.5. The summed E-state index contributed by atoms with van der Waals surface area (Å²) < 4.78 is 18.6. The van der Waals surface area contributed by atoms with Gasteiger partial charge >= 0.3 is 23.9 Å². The predicted octanol–water partition coefficient (Wildman–Crippen LogP) is -1.38. The van der Waals surface area contributed by atoms with Crippen LogP contribution < -0.4 is 0 Å². The van der Waals surface area contributed by atoms with Crippen molar-refractivity contribution in [2.24, 2.45) is 0 Å². The van der Waals surface area contributed by atoms with E-state index in [-0.39, 0.29) is 13.2 Å². The molecule has 30 heavy (non-hydrogen) atoms. The second-order valence-electron chi connectivity index (χ2n) is 6.24. The Morgan fingerprint density at radius 3 is 1.20 bits per heavy atom. The molecule has 0 radical (unpaired) electrons. The van der Waals surface area contributed by atoms with E-state index >= 15 is 0 Å². The van der Waals surface area contributed by atoms with Crippen molar-refractivity contribution >= 4 is 35.4 Å². The smallest absolute Gasteiger partial charge is 0.335 e. The summed E-state index contributed by atoms with van der Waals surface area (Å²) in [6.07, 6.45) is -6.74. The van der Waals surface area contributed by atoms with Crippen molar-refractivity contribution < 1.29 is 57.9 Å². The monoisotopic (exact) mass is 434 g/mol. The fourth-order valence-corrected chi connectivity index (χ4v) is 1.66. The summed E-state index contributed by atoms with van der Waals surface area (Å²) >= 11 is 0. The van der Waals surface area contributed by atoms with E-state index in [9.17, 15) is 28.8 Å². The standard InChI is InChI=1S/C18H26O12/c1-9(19)17(25)29-11(3)13(21)7-15(23)27-5-6-28-16(24)8-14(22)12(4)30-18(26)10(2)20/h9-12,19-20H,5-8H2,1-4H3. The number of hydrogen-bond donors (Lipinski definition) is 2. The molecule has 0 spiro atoms. The third kappa shape index (κ3) is 11.2. The Morgan fingerprint density at radius 1 is 0.633 bits per heavy atom. The summed E-state index contributed by atoms with van der Waals surface area (Å²) in [7, 11) is 0. The first-order valence-electron chi connectivity index (χ1n) is 8.98. The van der Waals surface area contributed by atoms with E-state index < -0.39 is 72.7 Å². The van der Waals surface area contributed by atoms with Crippen LogP contribution in [0.25, 0.3) is 0 Å². The zero-order valence-electron chi connectivity index (χ0n) is 17.1. The molecular weight excluding hydrogens is 408 g/mol. The molecule has 0 rings (SSSR count). The maximum absolute atomic E-state index is 11.7. The molecule has 0 aliphatic carbocycles. The molecule has 12 heteroatoms. The highest BCUT2D eigenvalue weighted by atomic mass is 16.6. The first-order chi connectivity index (χ1) is 13.8. The third-order valence-corrected chi connectivity index (χ3v) is 3.42. The summed E-state index contributed by atoms with van der Waals surface area (Å²) in [5, 5.41) is 18.0. The van der Waals surface area contributed by atoms with E-state index in [1.165, 1.54) is 13.8 Å². The van der Waals surface area contributed by atoms with Crippen molar-refractivity contribution in [2.45, 2.75) is 65.0 Å². The van der Waals surface area contributed by atoms with Crippen molar-refractivity contribution in [2.75, 3.05) is 13.2 Å². The molecule has 0 heterocycles. The van der Waals surface area contributed by atoms with Crippen LogP contribution in [0.3, 0.4) is 0 Å². The van der Waals surface area contributed by atoms with Gasteiger partial charge in [-0.1, -0.05) is 0 Å². The average Bonchev–Trinajstić information content (AvgIpc) is 2.64. The third-order valence-electron chi connectivity index (χ3n) is 3.42. The maximum Gasteiger partial charge on any atom is 0.335 e. The van der Waals surface area contributed by atoms with Crippen molar-refractivity contribution in [3.05, 3.63) is 0 Å². The number of aliphatic hydroxyl groups excluding tert-OH is 2. The number of rotatable bonds is 13. The minimum Gasteiger partial charge on any atom is -0.462 e. The highest BCUT2D eigenvalue weighted by Crippen LogP contribution is 2.03. The lowest BCUT2D eigenvalue weighted by atomic mass is 10.2. The SMILES string of the molecule is CC(O)C(=O)OC(C)C(=O)CC(=O)OCCOC(=O)CC(=O)C(C)OC(=O)C(C)O. The average molecular weight is 434 g/mol. The number of Topliss-reactive ketones (excluding diaryl/α,β-unsaturated/α-hetero) is 2. The molecule has 0 aliphatic rings. The molecule has 0 aromatic heterocycles. The van der Waals surface area contributed by atoms with E-state index in [0.29, 0.717) is 0 Å². The van der Waals surface area contributed by atoms with E-state index in [4.69, 9.17) is 10.2 Å². The van der Waals surface area contributed by atoms with Crippen molar-refractivity contribution in [3.63, 3.8) is 0 Å². The topological polar surface area (TPSA) is 180 Å². The van der Waals surface area contributed by atoms with Crippen LogP contribution in [-0.2, 0) is 47.7 Å². The lowest BCUT2D eigenvalue weighted by molar-refractivity contribution is -0.164. The molecule has 0 amide bonds. The fourth-order valence-electron chi connectivity index (χ4n) is 1.66. The second-order valence-corrected chi connectivity index (χ2v) is 6.24. The Hall–Kier alpha value is -2.86. The van der Waals surface area contributed by atoms with Gasteiger partial charge in [0.05, 0.1) is 0 Å². The quantitative estimate of drug-likeness (QED) is 0.150. The van der Waals surface area contributed by atoms with E-state index in [2.05, 4.69) is 18.9 Å². The number of esters is 4. The first kappa shape index (κ1) is 27.1. The Kier molecular flexibility index (Phi) is 12.1. The summed E-state index contributed by atoms with van der Waals surface area (Å²) in [6, 6.07) is 0. The molecule has 0 aromatic rings. The summed E-state index contributed by atoms with van der Waals surface area (Å²) in [6.45, 7) is 4.00. The van der Waals surface area contributed by atoms with Gasteiger partial charge < -0.3 is 29.2 Å². The minimum absolute atomic E-state index is 0.388. The van der Waals surface area contributed by atoms with Gasteiger partial charge in [0, 0.05) is 0 Å². The summed E-state index contributed by atoms with van der Waals surface area (Å²) in [5.74, 6) is -5.44. The Morgan fingerprint density at radius 2 is 0.933 bits per heavy atom. The van der Waals surface area contributed by atoms with Gasteiger partial charge in [0.15, 0.2) is 23.8 Å². The molecule has 0 saturated carbocycles. The number of carbonyl (C=O) groups excluding carboxylic acids is 6. The predicted molar refractivity (Wildman–Crippen MR) is 95.6 cm³/mol. The number of carbonyl (C=O) groups is 6. The summed E-state index contributed by atoms with van der Waals surface area (Å²) in [5.41, 5.74) is 0. The number of ether oxygens (including phenoxy) is 4. The van der Waals surface area contributed by atoms with Crippen molar-refractivity contribution in [1.29, 1.82) is 0 Å². The number of aliphatic hydroxyl groups is 2. The summed E-state index contributed by atoms with van der Waals surface area (Å²) in [4.78, 5) is 68.9. The maximum atomic E-state index is 11.7. The first-order valence-corrected chi connectivity index (χ1v) is 8.98. The van der Waals surface area contributed by atoms with Crippen LogP contribution in [0.15, 0.2) is 0 Å².